The Hall–Kier alpha value is -1.04. The van der Waals surface area contributed by atoms with Crippen molar-refractivity contribution in [2.24, 2.45) is 0 Å². The number of rotatable bonds is 4. The lowest BCUT2D eigenvalue weighted by atomic mass is 10.3. The SMILES string of the molecule is CC(C)Oc1ccc(NC(=O)c2sccc2Br)cc1Cl. The van der Waals surface area contributed by atoms with Crippen molar-refractivity contribution in [1.29, 1.82) is 0 Å². The highest BCUT2D eigenvalue weighted by Gasteiger charge is 2.13. The Morgan fingerprint density at radius 2 is 2.15 bits per heavy atom. The van der Waals surface area contributed by atoms with Gasteiger partial charge in [-0.2, -0.15) is 0 Å². The highest BCUT2D eigenvalue weighted by atomic mass is 79.9. The first kappa shape index (κ1) is 15.4. The Kier molecular flexibility index (Phi) is 5.07. The van der Waals surface area contributed by atoms with Crippen molar-refractivity contribution in [3.63, 3.8) is 0 Å². The smallest absolute Gasteiger partial charge is 0.266 e. The first-order valence-corrected chi connectivity index (χ1v) is 8.03. The third-order valence-corrected chi connectivity index (χ3v) is 4.51. The molecule has 0 aliphatic carbocycles. The van der Waals surface area contributed by atoms with Crippen LogP contribution in [0, 0.1) is 0 Å². The van der Waals surface area contributed by atoms with E-state index in [1.807, 2.05) is 25.3 Å². The standard InChI is InChI=1S/C14H13BrClNO2S/c1-8(2)19-12-4-3-9(7-11(12)16)17-14(18)13-10(15)5-6-20-13/h3-8H,1-2H3,(H,17,18). The van der Waals surface area contributed by atoms with E-state index in [2.05, 4.69) is 21.2 Å². The molecule has 0 saturated heterocycles. The predicted molar refractivity (Wildman–Crippen MR) is 87.2 cm³/mol. The number of benzene rings is 1. The minimum Gasteiger partial charge on any atom is -0.489 e. The molecule has 1 heterocycles. The molecule has 2 rings (SSSR count). The van der Waals surface area contributed by atoms with Gasteiger partial charge in [-0.1, -0.05) is 11.6 Å². The van der Waals surface area contributed by atoms with Crippen molar-refractivity contribution in [3.8, 4) is 5.75 Å². The lowest BCUT2D eigenvalue weighted by Crippen LogP contribution is -2.11. The summed E-state index contributed by atoms with van der Waals surface area (Å²) in [6.45, 7) is 3.86. The third kappa shape index (κ3) is 3.75. The normalized spacial score (nSPS) is 10.7. The molecule has 20 heavy (non-hydrogen) atoms. The van der Waals surface area contributed by atoms with E-state index in [0.29, 0.717) is 21.3 Å². The van der Waals surface area contributed by atoms with E-state index in [4.69, 9.17) is 16.3 Å². The molecule has 3 nitrogen and oxygen atoms in total. The van der Waals surface area contributed by atoms with Crippen LogP contribution in [-0.4, -0.2) is 12.0 Å². The molecule has 0 bridgehead atoms. The average Bonchev–Trinajstić information content (AvgIpc) is 2.78. The summed E-state index contributed by atoms with van der Waals surface area (Å²) in [5.74, 6) is 0.442. The largest absolute Gasteiger partial charge is 0.489 e. The monoisotopic (exact) mass is 373 g/mol. The van der Waals surface area contributed by atoms with E-state index in [1.54, 1.807) is 18.2 Å². The maximum absolute atomic E-state index is 12.1. The molecular weight excluding hydrogens is 362 g/mol. The van der Waals surface area contributed by atoms with Crippen LogP contribution in [0.25, 0.3) is 0 Å². The molecule has 0 aliphatic rings. The number of thiophene rings is 1. The Morgan fingerprint density at radius 3 is 2.70 bits per heavy atom. The summed E-state index contributed by atoms with van der Waals surface area (Å²) in [5, 5.41) is 5.13. The summed E-state index contributed by atoms with van der Waals surface area (Å²) in [7, 11) is 0. The van der Waals surface area contributed by atoms with Crippen molar-refractivity contribution in [1.82, 2.24) is 0 Å². The summed E-state index contributed by atoms with van der Waals surface area (Å²) >= 11 is 10.8. The molecule has 0 fully saturated rings. The number of anilines is 1. The number of hydrogen-bond donors (Lipinski definition) is 1. The third-order valence-electron chi connectivity index (χ3n) is 2.38. The van der Waals surface area contributed by atoms with Gasteiger partial charge in [-0.05, 0) is 59.4 Å². The summed E-state index contributed by atoms with van der Waals surface area (Å²) < 4.78 is 6.33. The fourth-order valence-corrected chi connectivity index (χ4v) is 3.24. The van der Waals surface area contributed by atoms with Crippen molar-refractivity contribution >= 4 is 50.5 Å². The number of nitrogens with one attached hydrogen (secondary N) is 1. The van der Waals surface area contributed by atoms with Crippen LogP contribution in [0.5, 0.6) is 5.75 Å². The Morgan fingerprint density at radius 1 is 1.40 bits per heavy atom. The van der Waals surface area contributed by atoms with Gasteiger partial charge in [0.05, 0.1) is 11.1 Å². The van der Waals surface area contributed by atoms with Crippen LogP contribution in [-0.2, 0) is 0 Å². The zero-order chi connectivity index (χ0) is 14.7. The highest BCUT2D eigenvalue weighted by molar-refractivity contribution is 9.10. The Balaban J connectivity index is 2.13. The molecule has 6 heteroatoms. The van der Waals surface area contributed by atoms with Gasteiger partial charge >= 0.3 is 0 Å². The summed E-state index contributed by atoms with van der Waals surface area (Å²) in [6, 6.07) is 7.04. The van der Waals surface area contributed by atoms with Gasteiger partial charge in [0.25, 0.3) is 5.91 Å². The molecule has 106 valence electrons. The summed E-state index contributed by atoms with van der Waals surface area (Å²) in [6.07, 6.45) is 0.0509. The second-order valence-electron chi connectivity index (χ2n) is 4.36. The quantitative estimate of drug-likeness (QED) is 0.798. The van der Waals surface area contributed by atoms with Crippen molar-refractivity contribution in [2.75, 3.05) is 5.32 Å². The van der Waals surface area contributed by atoms with Crippen molar-refractivity contribution in [3.05, 3.63) is 44.0 Å². The Labute approximate surface area is 135 Å². The molecular formula is C14H13BrClNO2S. The number of carbonyl (C=O) groups excluding carboxylic acids is 1. The van der Waals surface area contributed by atoms with Gasteiger partial charge in [-0.15, -0.1) is 11.3 Å². The van der Waals surface area contributed by atoms with Crippen LogP contribution in [0.3, 0.4) is 0 Å². The molecule has 0 spiro atoms. The number of hydrogen-bond acceptors (Lipinski definition) is 3. The van der Waals surface area contributed by atoms with E-state index in [0.717, 1.165) is 4.47 Å². The maximum atomic E-state index is 12.1. The summed E-state index contributed by atoms with van der Waals surface area (Å²) in [5.41, 5.74) is 0.636. The van der Waals surface area contributed by atoms with Gasteiger partial charge in [-0.3, -0.25) is 4.79 Å². The van der Waals surface area contributed by atoms with Gasteiger partial charge in [0, 0.05) is 10.2 Å². The number of carbonyl (C=O) groups is 1. The van der Waals surface area contributed by atoms with E-state index >= 15 is 0 Å². The molecule has 0 saturated carbocycles. The molecule has 0 unspecified atom stereocenters. The van der Waals surface area contributed by atoms with Gasteiger partial charge < -0.3 is 10.1 Å². The fraction of sp³-hybridized carbons (Fsp3) is 0.214. The molecule has 1 amide bonds. The van der Waals surface area contributed by atoms with Gasteiger partial charge in [0.1, 0.15) is 10.6 Å². The van der Waals surface area contributed by atoms with Crippen LogP contribution in [0.2, 0.25) is 5.02 Å². The molecule has 1 N–H and O–H groups in total. The number of halogens is 2. The van der Waals surface area contributed by atoms with E-state index < -0.39 is 0 Å². The van der Waals surface area contributed by atoms with Crippen LogP contribution < -0.4 is 10.1 Å². The lowest BCUT2D eigenvalue weighted by Gasteiger charge is -2.12. The van der Waals surface area contributed by atoms with Gasteiger partial charge in [0.15, 0.2) is 0 Å². The number of ether oxygens (including phenoxy) is 1. The van der Waals surface area contributed by atoms with Crippen LogP contribution in [0.1, 0.15) is 23.5 Å². The van der Waals surface area contributed by atoms with Gasteiger partial charge in [0.2, 0.25) is 0 Å². The molecule has 2 aromatic rings. The number of amides is 1. The fourth-order valence-electron chi connectivity index (χ4n) is 1.57. The lowest BCUT2D eigenvalue weighted by molar-refractivity contribution is 0.103. The van der Waals surface area contributed by atoms with E-state index in [9.17, 15) is 4.79 Å². The first-order valence-electron chi connectivity index (χ1n) is 5.98. The van der Waals surface area contributed by atoms with Gasteiger partial charge in [-0.25, -0.2) is 0 Å². The Bertz CT molecular complexity index is 627. The topological polar surface area (TPSA) is 38.3 Å². The molecule has 0 atom stereocenters. The second-order valence-corrected chi connectivity index (χ2v) is 6.54. The van der Waals surface area contributed by atoms with Crippen LogP contribution in [0.15, 0.2) is 34.1 Å². The average molecular weight is 375 g/mol. The molecule has 1 aromatic carbocycles. The van der Waals surface area contributed by atoms with Crippen molar-refractivity contribution in [2.45, 2.75) is 20.0 Å². The van der Waals surface area contributed by atoms with E-state index in [-0.39, 0.29) is 12.0 Å². The minimum atomic E-state index is -0.166. The maximum Gasteiger partial charge on any atom is 0.266 e. The molecule has 0 aliphatic heterocycles. The predicted octanol–water partition coefficient (Wildman–Crippen LogP) is 5.20. The summed E-state index contributed by atoms with van der Waals surface area (Å²) in [4.78, 5) is 12.7. The van der Waals surface area contributed by atoms with E-state index in [1.165, 1.54) is 11.3 Å². The first-order chi connectivity index (χ1) is 9.47. The molecule has 1 aromatic heterocycles. The minimum absolute atomic E-state index is 0.0509. The highest BCUT2D eigenvalue weighted by Crippen LogP contribution is 2.29. The van der Waals surface area contributed by atoms with Crippen LogP contribution in [0.4, 0.5) is 5.69 Å². The zero-order valence-electron chi connectivity index (χ0n) is 10.9. The second kappa shape index (κ2) is 6.61. The van der Waals surface area contributed by atoms with Crippen LogP contribution >= 0.6 is 38.9 Å². The molecule has 0 radical (unpaired) electrons. The van der Waals surface area contributed by atoms with Crippen molar-refractivity contribution < 1.29 is 9.53 Å². The zero-order valence-corrected chi connectivity index (χ0v) is 14.1.